The van der Waals surface area contributed by atoms with E-state index in [2.05, 4.69) is 15.3 Å². The summed E-state index contributed by atoms with van der Waals surface area (Å²) in [7, 11) is 0. The van der Waals surface area contributed by atoms with Gasteiger partial charge in [-0.15, -0.1) is 0 Å². The Morgan fingerprint density at radius 2 is 2.47 bits per heavy atom. The molecule has 1 fully saturated rings. The summed E-state index contributed by atoms with van der Waals surface area (Å²) in [4.78, 5) is 8.05. The maximum atomic E-state index is 8.55. The third kappa shape index (κ3) is 2.83. The zero-order valence-corrected chi connectivity index (χ0v) is 9.13. The molecule has 1 aliphatic heterocycles. The van der Waals surface area contributed by atoms with E-state index in [0.717, 1.165) is 12.4 Å². The number of nitrogens with zero attached hydrogens (tertiary/aromatic N) is 3. The molecule has 0 amide bonds. The average molecular weight is 220 g/mol. The van der Waals surface area contributed by atoms with Gasteiger partial charge in [-0.3, -0.25) is 0 Å². The highest BCUT2D eigenvalue weighted by Crippen LogP contribution is 2.25. The van der Waals surface area contributed by atoms with Crippen LogP contribution in [0.3, 0.4) is 0 Å². The lowest BCUT2D eigenvalue weighted by Crippen LogP contribution is -2.14. The molecule has 0 spiro atoms. The lowest BCUT2D eigenvalue weighted by molar-refractivity contribution is 0.803. The summed E-state index contributed by atoms with van der Waals surface area (Å²) in [6.45, 7) is 0.936. The van der Waals surface area contributed by atoms with Crippen molar-refractivity contribution >= 4 is 17.6 Å². The zero-order chi connectivity index (χ0) is 10.5. The average Bonchev–Trinajstić information content (AvgIpc) is 2.80. The molecule has 2 rings (SSSR count). The quantitative estimate of drug-likeness (QED) is 0.839. The first kappa shape index (κ1) is 10.2. The van der Waals surface area contributed by atoms with Crippen molar-refractivity contribution < 1.29 is 0 Å². The van der Waals surface area contributed by atoms with Gasteiger partial charge < -0.3 is 5.32 Å². The van der Waals surface area contributed by atoms with Gasteiger partial charge in [-0.2, -0.15) is 17.0 Å². The van der Waals surface area contributed by atoms with E-state index in [9.17, 15) is 0 Å². The zero-order valence-electron chi connectivity index (χ0n) is 8.31. The summed E-state index contributed by atoms with van der Waals surface area (Å²) in [5.74, 6) is 2.02. The maximum absolute atomic E-state index is 8.55. The number of hydrogen-bond donors (Lipinski definition) is 1. The molecule has 0 aromatic carbocycles. The molecule has 1 unspecified atom stereocenters. The Balaban J connectivity index is 1.85. The molecule has 0 bridgehead atoms. The van der Waals surface area contributed by atoms with Gasteiger partial charge in [0.05, 0.1) is 12.4 Å². The molecule has 1 aliphatic rings. The van der Waals surface area contributed by atoms with Crippen LogP contribution in [0.4, 0.5) is 5.82 Å². The minimum Gasteiger partial charge on any atom is -0.368 e. The fourth-order valence-corrected chi connectivity index (χ4v) is 2.70. The second-order valence-corrected chi connectivity index (χ2v) is 4.82. The molecule has 0 saturated carbocycles. The lowest BCUT2D eigenvalue weighted by atomic mass is 10.2. The topological polar surface area (TPSA) is 61.6 Å². The largest absolute Gasteiger partial charge is 0.368 e. The molecule has 1 aromatic rings. The van der Waals surface area contributed by atoms with Gasteiger partial charge in [-0.25, -0.2) is 9.97 Å². The van der Waals surface area contributed by atoms with Crippen LogP contribution in [0.1, 0.15) is 18.5 Å². The van der Waals surface area contributed by atoms with E-state index < -0.39 is 0 Å². The van der Waals surface area contributed by atoms with Crippen LogP contribution in [0.15, 0.2) is 12.4 Å². The number of nitriles is 1. The van der Waals surface area contributed by atoms with E-state index in [1.54, 1.807) is 6.20 Å². The van der Waals surface area contributed by atoms with Gasteiger partial charge in [0.2, 0.25) is 0 Å². The number of nitrogens with one attached hydrogen (secondary N) is 1. The van der Waals surface area contributed by atoms with Crippen LogP contribution in [0, 0.1) is 11.3 Å². The molecule has 1 atom stereocenters. The van der Waals surface area contributed by atoms with Crippen molar-refractivity contribution in [3.05, 3.63) is 18.1 Å². The van der Waals surface area contributed by atoms with E-state index in [4.69, 9.17) is 5.26 Å². The molecule has 15 heavy (non-hydrogen) atoms. The third-order valence-corrected chi connectivity index (χ3v) is 3.70. The van der Waals surface area contributed by atoms with Crippen LogP contribution in [-0.2, 0) is 0 Å². The predicted octanol–water partition coefficient (Wildman–Crippen LogP) is 1.66. The Morgan fingerprint density at radius 1 is 1.53 bits per heavy atom. The Hall–Kier alpha value is -1.28. The van der Waals surface area contributed by atoms with Gasteiger partial charge in [0, 0.05) is 11.8 Å². The summed E-state index contributed by atoms with van der Waals surface area (Å²) in [6, 6.07) is 1.95. The second-order valence-electron chi connectivity index (χ2n) is 3.41. The highest BCUT2D eigenvalue weighted by atomic mass is 32.2. The van der Waals surface area contributed by atoms with E-state index in [1.807, 2.05) is 17.8 Å². The van der Waals surface area contributed by atoms with Gasteiger partial charge in [-0.1, -0.05) is 0 Å². The fraction of sp³-hybridized carbons (Fsp3) is 0.500. The second kappa shape index (κ2) is 4.99. The monoisotopic (exact) mass is 220 g/mol. The highest BCUT2D eigenvalue weighted by molar-refractivity contribution is 8.00. The van der Waals surface area contributed by atoms with Crippen LogP contribution in [0.5, 0.6) is 0 Å². The maximum Gasteiger partial charge on any atom is 0.158 e. The van der Waals surface area contributed by atoms with Crippen molar-refractivity contribution in [2.24, 2.45) is 0 Å². The minimum atomic E-state index is 0.357. The van der Waals surface area contributed by atoms with E-state index in [-0.39, 0.29) is 0 Å². The molecule has 1 aromatic heterocycles. The van der Waals surface area contributed by atoms with Gasteiger partial charge in [0.15, 0.2) is 5.69 Å². The number of aromatic nitrogens is 2. The number of anilines is 1. The van der Waals surface area contributed by atoms with Crippen LogP contribution >= 0.6 is 11.8 Å². The van der Waals surface area contributed by atoms with Crippen LogP contribution in [-0.4, -0.2) is 27.5 Å². The van der Waals surface area contributed by atoms with E-state index in [0.29, 0.717) is 10.9 Å². The Bertz CT molecular complexity index is 351. The summed E-state index contributed by atoms with van der Waals surface area (Å²) in [5, 5.41) is 12.5. The summed E-state index contributed by atoms with van der Waals surface area (Å²) >= 11 is 2.01. The molecule has 0 aliphatic carbocycles. The molecule has 4 nitrogen and oxygen atoms in total. The van der Waals surface area contributed by atoms with Crippen molar-refractivity contribution in [2.45, 2.75) is 18.1 Å². The minimum absolute atomic E-state index is 0.357. The highest BCUT2D eigenvalue weighted by Gasteiger charge is 2.14. The molecule has 0 radical (unpaired) electrons. The predicted molar refractivity (Wildman–Crippen MR) is 60.7 cm³/mol. The normalized spacial score (nSPS) is 19.8. The molecule has 5 heteroatoms. The number of hydrogen-bond acceptors (Lipinski definition) is 5. The molecule has 1 N–H and O–H groups in total. The Kier molecular flexibility index (Phi) is 3.41. The summed E-state index contributed by atoms with van der Waals surface area (Å²) < 4.78 is 0. The van der Waals surface area contributed by atoms with Crippen molar-refractivity contribution in [3.63, 3.8) is 0 Å². The first-order valence-corrected chi connectivity index (χ1v) is 6.01. The number of rotatable bonds is 3. The fourth-order valence-electron chi connectivity index (χ4n) is 1.50. The van der Waals surface area contributed by atoms with E-state index in [1.165, 1.54) is 24.8 Å². The standard InChI is InChI=1S/C10H12N4S/c11-4-8-5-13-10(7-12-8)14-6-9-2-1-3-15-9/h5,7,9H,1-3,6H2,(H,13,14). The summed E-state index contributed by atoms with van der Waals surface area (Å²) in [6.07, 6.45) is 5.69. The molecule has 78 valence electrons. The van der Waals surface area contributed by atoms with Crippen LogP contribution in [0.25, 0.3) is 0 Å². The SMILES string of the molecule is N#Cc1cnc(NCC2CCCS2)cn1. The number of thioether (sulfide) groups is 1. The van der Waals surface area contributed by atoms with Gasteiger partial charge in [0.25, 0.3) is 0 Å². The first-order chi connectivity index (χ1) is 7.38. The lowest BCUT2D eigenvalue weighted by Gasteiger charge is -2.09. The van der Waals surface area contributed by atoms with Gasteiger partial charge >= 0.3 is 0 Å². The van der Waals surface area contributed by atoms with Crippen LogP contribution < -0.4 is 5.32 Å². The van der Waals surface area contributed by atoms with Crippen molar-refractivity contribution in [3.8, 4) is 6.07 Å². The van der Waals surface area contributed by atoms with Gasteiger partial charge in [-0.05, 0) is 18.6 Å². The molecular formula is C10H12N4S. The van der Waals surface area contributed by atoms with Crippen LogP contribution in [0.2, 0.25) is 0 Å². The Labute approximate surface area is 93.1 Å². The van der Waals surface area contributed by atoms with Gasteiger partial charge in [0.1, 0.15) is 11.9 Å². The van der Waals surface area contributed by atoms with E-state index >= 15 is 0 Å². The summed E-state index contributed by atoms with van der Waals surface area (Å²) in [5.41, 5.74) is 0.357. The molecule has 2 heterocycles. The van der Waals surface area contributed by atoms with Crippen molar-refractivity contribution in [1.82, 2.24) is 9.97 Å². The Morgan fingerprint density at radius 3 is 3.07 bits per heavy atom. The third-order valence-electron chi connectivity index (χ3n) is 2.30. The molecular weight excluding hydrogens is 208 g/mol. The van der Waals surface area contributed by atoms with Crippen molar-refractivity contribution in [1.29, 1.82) is 5.26 Å². The van der Waals surface area contributed by atoms with Crippen molar-refractivity contribution in [2.75, 3.05) is 17.6 Å². The smallest absolute Gasteiger partial charge is 0.158 e. The first-order valence-electron chi connectivity index (χ1n) is 4.96. The molecule has 1 saturated heterocycles.